The van der Waals surface area contributed by atoms with Crippen LogP contribution in [0.25, 0.3) is 10.8 Å². The molecular weight excluding hydrogens is 154 g/mol. The third-order valence-electron chi connectivity index (χ3n) is 1.65. The molecule has 2 aromatic rings. The van der Waals surface area contributed by atoms with Crippen molar-refractivity contribution in [2.75, 3.05) is 0 Å². The van der Waals surface area contributed by atoms with Crippen LogP contribution in [0.1, 0.15) is 0 Å². The van der Waals surface area contributed by atoms with Gasteiger partial charge >= 0.3 is 0 Å². The molecule has 2 heteroatoms. The summed E-state index contributed by atoms with van der Waals surface area (Å²) in [5.41, 5.74) is 0. The number of rotatable bonds is 0. The second-order valence-electron chi connectivity index (χ2n) is 2.38. The smallest absolute Gasteiger partial charge is 0.0407 e. The number of nitrogens with zero attached hydrogens (tertiary/aromatic N) is 1. The Kier molecular flexibility index (Phi) is 1.55. The van der Waals surface area contributed by atoms with Crippen molar-refractivity contribution in [3.05, 3.63) is 36.7 Å². The maximum absolute atomic E-state index is 4.29. The minimum absolute atomic E-state index is 0.933. The maximum atomic E-state index is 4.29. The first kappa shape index (κ1) is 6.68. The van der Waals surface area contributed by atoms with Crippen molar-refractivity contribution in [1.82, 2.24) is 4.98 Å². The van der Waals surface area contributed by atoms with E-state index in [2.05, 4.69) is 17.6 Å². The zero-order valence-electron chi connectivity index (χ0n) is 5.86. The van der Waals surface area contributed by atoms with Gasteiger partial charge in [-0.3, -0.25) is 4.98 Å². The Morgan fingerprint density at radius 3 is 2.73 bits per heavy atom. The first-order valence-electron chi connectivity index (χ1n) is 3.39. The van der Waals surface area contributed by atoms with Gasteiger partial charge in [-0.15, -0.1) is 12.6 Å². The van der Waals surface area contributed by atoms with Gasteiger partial charge < -0.3 is 0 Å². The predicted molar refractivity (Wildman–Crippen MR) is 49.0 cm³/mol. The second kappa shape index (κ2) is 2.55. The highest BCUT2D eigenvalue weighted by Gasteiger charge is 1.93. The third kappa shape index (κ3) is 1.10. The standard InChI is InChI=1S/C9H7NS/c11-9-6-10-5-7-3-1-2-4-8(7)9/h1-6,11H. The van der Waals surface area contributed by atoms with E-state index in [1.165, 1.54) is 0 Å². The molecule has 1 aromatic heterocycles. The van der Waals surface area contributed by atoms with Crippen LogP contribution in [-0.2, 0) is 0 Å². The van der Waals surface area contributed by atoms with Gasteiger partial charge in [0.05, 0.1) is 0 Å². The van der Waals surface area contributed by atoms with E-state index in [0.717, 1.165) is 15.7 Å². The summed E-state index contributed by atoms with van der Waals surface area (Å²) >= 11 is 4.29. The van der Waals surface area contributed by atoms with Crippen molar-refractivity contribution in [2.24, 2.45) is 0 Å². The normalized spacial score (nSPS) is 10.3. The van der Waals surface area contributed by atoms with Gasteiger partial charge in [-0.2, -0.15) is 0 Å². The highest BCUT2D eigenvalue weighted by Crippen LogP contribution is 2.19. The van der Waals surface area contributed by atoms with E-state index in [1.54, 1.807) is 6.20 Å². The molecule has 0 aliphatic rings. The summed E-state index contributed by atoms with van der Waals surface area (Å²) in [5, 5.41) is 2.30. The number of thiol groups is 1. The molecule has 0 radical (unpaired) electrons. The molecule has 0 bridgehead atoms. The van der Waals surface area contributed by atoms with Crippen LogP contribution < -0.4 is 0 Å². The topological polar surface area (TPSA) is 12.9 Å². The summed E-state index contributed by atoms with van der Waals surface area (Å²) in [5.74, 6) is 0. The van der Waals surface area contributed by atoms with Crippen LogP contribution in [0, 0.1) is 0 Å². The lowest BCUT2D eigenvalue weighted by atomic mass is 10.2. The maximum Gasteiger partial charge on any atom is 0.0407 e. The quantitative estimate of drug-likeness (QED) is 0.586. The Labute approximate surface area is 70.5 Å². The fourth-order valence-corrected chi connectivity index (χ4v) is 1.37. The van der Waals surface area contributed by atoms with Crippen LogP contribution in [0.15, 0.2) is 41.6 Å². The molecule has 11 heavy (non-hydrogen) atoms. The molecule has 1 nitrogen and oxygen atoms in total. The van der Waals surface area contributed by atoms with Crippen molar-refractivity contribution >= 4 is 23.4 Å². The molecule has 0 saturated heterocycles. The molecule has 2 rings (SSSR count). The summed E-state index contributed by atoms with van der Waals surface area (Å²) in [6.07, 6.45) is 3.60. The summed E-state index contributed by atoms with van der Waals surface area (Å²) in [4.78, 5) is 4.97. The fraction of sp³-hybridized carbons (Fsp3) is 0. The zero-order chi connectivity index (χ0) is 7.68. The average molecular weight is 161 g/mol. The molecular formula is C9H7NS. The van der Waals surface area contributed by atoms with Gasteiger partial charge in [0.1, 0.15) is 0 Å². The van der Waals surface area contributed by atoms with Gasteiger partial charge in [0.25, 0.3) is 0 Å². The van der Waals surface area contributed by atoms with Crippen LogP contribution in [0.4, 0.5) is 0 Å². The molecule has 0 atom stereocenters. The van der Waals surface area contributed by atoms with E-state index in [9.17, 15) is 0 Å². The van der Waals surface area contributed by atoms with E-state index < -0.39 is 0 Å². The Morgan fingerprint density at radius 1 is 1.09 bits per heavy atom. The van der Waals surface area contributed by atoms with E-state index in [4.69, 9.17) is 0 Å². The number of pyridine rings is 1. The number of hydrogen-bond donors (Lipinski definition) is 1. The Hall–Kier alpha value is -1.02. The summed E-state index contributed by atoms with van der Waals surface area (Å²) in [7, 11) is 0. The predicted octanol–water partition coefficient (Wildman–Crippen LogP) is 2.52. The number of aromatic nitrogens is 1. The zero-order valence-corrected chi connectivity index (χ0v) is 6.75. The fourth-order valence-electron chi connectivity index (χ4n) is 1.10. The van der Waals surface area contributed by atoms with Gasteiger partial charge in [-0.1, -0.05) is 24.3 Å². The van der Waals surface area contributed by atoms with Crippen LogP contribution in [0.3, 0.4) is 0 Å². The number of hydrogen-bond acceptors (Lipinski definition) is 2. The molecule has 1 aromatic carbocycles. The van der Waals surface area contributed by atoms with Crippen molar-refractivity contribution in [2.45, 2.75) is 4.90 Å². The van der Waals surface area contributed by atoms with Crippen molar-refractivity contribution in [1.29, 1.82) is 0 Å². The van der Waals surface area contributed by atoms with Crippen molar-refractivity contribution in [3.8, 4) is 0 Å². The highest BCUT2D eigenvalue weighted by molar-refractivity contribution is 7.80. The largest absolute Gasteiger partial charge is 0.263 e. The number of benzene rings is 1. The van der Waals surface area contributed by atoms with E-state index in [1.807, 2.05) is 30.5 Å². The number of fused-ring (bicyclic) bond motifs is 1. The molecule has 0 unspecified atom stereocenters. The Morgan fingerprint density at radius 2 is 1.91 bits per heavy atom. The Bertz CT molecular complexity index is 379. The lowest BCUT2D eigenvalue weighted by molar-refractivity contribution is 1.29. The van der Waals surface area contributed by atoms with Crippen LogP contribution in [0.2, 0.25) is 0 Å². The van der Waals surface area contributed by atoms with Gasteiger partial charge in [-0.05, 0) is 5.39 Å². The molecule has 0 aliphatic heterocycles. The summed E-state index contributed by atoms with van der Waals surface area (Å²) in [6.45, 7) is 0. The van der Waals surface area contributed by atoms with E-state index in [0.29, 0.717) is 0 Å². The second-order valence-corrected chi connectivity index (χ2v) is 2.86. The first-order chi connectivity index (χ1) is 5.38. The molecule has 0 spiro atoms. The van der Waals surface area contributed by atoms with E-state index >= 15 is 0 Å². The van der Waals surface area contributed by atoms with Crippen LogP contribution in [-0.4, -0.2) is 4.98 Å². The van der Waals surface area contributed by atoms with Crippen LogP contribution in [0.5, 0.6) is 0 Å². The summed E-state index contributed by atoms with van der Waals surface area (Å²) < 4.78 is 0. The molecule has 54 valence electrons. The lowest BCUT2D eigenvalue weighted by Crippen LogP contribution is -1.76. The lowest BCUT2D eigenvalue weighted by Gasteiger charge is -1.97. The van der Waals surface area contributed by atoms with Gasteiger partial charge in [0, 0.05) is 22.7 Å². The molecule has 0 N–H and O–H groups in total. The minimum Gasteiger partial charge on any atom is -0.263 e. The Balaban J connectivity index is 2.91. The van der Waals surface area contributed by atoms with Gasteiger partial charge in [-0.25, -0.2) is 0 Å². The third-order valence-corrected chi connectivity index (χ3v) is 2.00. The minimum atomic E-state index is 0.933. The highest BCUT2D eigenvalue weighted by atomic mass is 32.1. The molecule has 0 amide bonds. The molecule has 1 heterocycles. The molecule has 0 aliphatic carbocycles. The monoisotopic (exact) mass is 161 g/mol. The van der Waals surface area contributed by atoms with Gasteiger partial charge in [0.2, 0.25) is 0 Å². The van der Waals surface area contributed by atoms with Gasteiger partial charge in [0.15, 0.2) is 0 Å². The van der Waals surface area contributed by atoms with E-state index in [-0.39, 0.29) is 0 Å². The summed E-state index contributed by atoms with van der Waals surface area (Å²) in [6, 6.07) is 8.07. The van der Waals surface area contributed by atoms with Crippen LogP contribution >= 0.6 is 12.6 Å². The molecule has 0 fully saturated rings. The average Bonchev–Trinajstić information content (AvgIpc) is 2.06. The molecule has 0 saturated carbocycles. The van der Waals surface area contributed by atoms with Crippen molar-refractivity contribution < 1.29 is 0 Å². The SMILES string of the molecule is Sc1cncc2ccccc12. The first-order valence-corrected chi connectivity index (χ1v) is 3.84. The van der Waals surface area contributed by atoms with Crippen molar-refractivity contribution in [3.63, 3.8) is 0 Å².